The summed E-state index contributed by atoms with van der Waals surface area (Å²) in [7, 11) is 0. The number of pyridine rings is 1. The van der Waals surface area contributed by atoms with Crippen LogP contribution < -0.4 is 10.5 Å². The SMILES string of the molecule is CCc1ccccc1Oc1cc(C)ncc1CN. The van der Waals surface area contributed by atoms with Gasteiger partial charge in [0.05, 0.1) is 0 Å². The van der Waals surface area contributed by atoms with Gasteiger partial charge < -0.3 is 10.5 Å². The van der Waals surface area contributed by atoms with Gasteiger partial charge in [-0.15, -0.1) is 0 Å². The first-order chi connectivity index (χ1) is 8.74. The van der Waals surface area contributed by atoms with Gasteiger partial charge in [0.1, 0.15) is 11.5 Å². The summed E-state index contributed by atoms with van der Waals surface area (Å²) in [6.45, 7) is 4.49. The average molecular weight is 242 g/mol. The molecule has 2 rings (SSSR count). The van der Waals surface area contributed by atoms with Gasteiger partial charge in [0, 0.05) is 30.1 Å². The first-order valence-electron chi connectivity index (χ1n) is 6.16. The number of nitrogens with zero attached hydrogens (tertiary/aromatic N) is 1. The zero-order chi connectivity index (χ0) is 13.0. The fourth-order valence-electron chi connectivity index (χ4n) is 1.83. The number of ether oxygens (including phenoxy) is 1. The van der Waals surface area contributed by atoms with E-state index >= 15 is 0 Å². The monoisotopic (exact) mass is 242 g/mol. The molecule has 0 aliphatic carbocycles. The highest BCUT2D eigenvalue weighted by molar-refractivity contribution is 5.41. The molecule has 0 amide bonds. The first-order valence-corrected chi connectivity index (χ1v) is 6.16. The summed E-state index contributed by atoms with van der Waals surface area (Å²) < 4.78 is 5.98. The van der Waals surface area contributed by atoms with Gasteiger partial charge in [-0.05, 0) is 25.0 Å². The quantitative estimate of drug-likeness (QED) is 0.895. The van der Waals surface area contributed by atoms with Gasteiger partial charge in [0.2, 0.25) is 0 Å². The molecule has 0 bridgehead atoms. The number of nitrogens with two attached hydrogens (primary N) is 1. The van der Waals surface area contributed by atoms with Crippen LogP contribution in [0, 0.1) is 6.92 Å². The molecule has 0 saturated heterocycles. The molecule has 0 unspecified atom stereocenters. The van der Waals surface area contributed by atoms with E-state index in [0.717, 1.165) is 29.2 Å². The Balaban J connectivity index is 2.36. The van der Waals surface area contributed by atoms with E-state index in [-0.39, 0.29) is 0 Å². The molecule has 1 heterocycles. The van der Waals surface area contributed by atoms with Crippen LogP contribution in [0.5, 0.6) is 11.5 Å². The standard InChI is InChI=1S/C15H18N2O/c1-3-12-6-4-5-7-14(12)18-15-8-11(2)17-10-13(15)9-16/h4-8,10H,3,9,16H2,1-2H3. The summed E-state index contributed by atoms with van der Waals surface area (Å²) in [4.78, 5) is 4.23. The van der Waals surface area contributed by atoms with Gasteiger partial charge in [0.25, 0.3) is 0 Å². The Hall–Kier alpha value is -1.87. The molecular formula is C15H18N2O. The third-order valence-corrected chi connectivity index (χ3v) is 2.87. The van der Waals surface area contributed by atoms with E-state index < -0.39 is 0 Å². The zero-order valence-corrected chi connectivity index (χ0v) is 10.8. The topological polar surface area (TPSA) is 48.1 Å². The minimum absolute atomic E-state index is 0.427. The molecule has 0 aliphatic rings. The molecular weight excluding hydrogens is 224 g/mol. The van der Waals surface area contributed by atoms with Crippen molar-refractivity contribution in [2.45, 2.75) is 26.8 Å². The molecule has 0 fully saturated rings. The Morgan fingerprint density at radius 1 is 1.17 bits per heavy atom. The van der Waals surface area contributed by atoms with Crippen molar-refractivity contribution in [3.8, 4) is 11.5 Å². The van der Waals surface area contributed by atoms with E-state index in [4.69, 9.17) is 10.5 Å². The van der Waals surface area contributed by atoms with E-state index in [9.17, 15) is 0 Å². The number of benzene rings is 1. The summed E-state index contributed by atoms with van der Waals surface area (Å²) in [5.41, 5.74) is 8.74. The highest BCUT2D eigenvalue weighted by atomic mass is 16.5. The van der Waals surface area contributed by atoms with Crippen molar-refractivity contribution in [3.05, 3.63) is 53.3 Å². The van der Waals surface area contributed by atoms with Gasteiger partial charge in [0.15, 0.2) is 0 Å². The largest absolute Gasteiger partial charge is 0.457 e. The molecule has 2 N–H and O–H groups in total. The zero-order valence-electron chi connectivity index (χ0n) is 10.8. The lowest BCUT2D eigenvalue weighted by molar-refractivity contribution is 0.469. The smallest absolute Gasteiger partial charge is 0.135 e. The summed E-state index contributed by atoms with van der Waals surface area (Å²) in [6, 6.07) is 9.98. The third kappa shape index (κ3) is 2.68. The van der Waals surface area contributed by atoms with Crippen LogP contribution in [-0.2, 0) is 13.0 Å². The Morgan fingerprint density at radius 3 is 2.67 bits per heavy atom. The molecule has 0 atom stereocenters. The van der Waals surface area contributed by atoms with Gasteiger partial charge in [-0.25, -0.2) is 0 Å². The van der Waals surface area contributed by atoms with Gasteiger partial charge >= 0.3 is 0 Å². The Morgan fingerprint density at radius 2 is 1.94 bits per heavy atom. The summed E-state index contributed by atoms with van der Waals surface area (Å²) >= 11 is 0. The number of aryl methyl sites for hydroxylation is 2. The molecule has 1 aromatic carbocycles. The number of rotatable bonds is 4. The molecule has 3 heteroatoms. The normalized spacial score (nSPS) is 10.4. The number of hydrogen-bond acceptors (Lipinski definition) is 3. The maximum absolute atomic E-state index is 5.98. The van der Waals surface area contributed by atoms with Crippen molar-refractivity contribution < 1.29 is 4.74 Å². The first kappa shape index (κ1) is 12.6. The van der Waals surface area contributed by atoms with Gasteiger partial charge in [-0.3, -0.25) is 4.98 Å². The summed E-state index contributed by atoms with van der Waals surface area (Å²) in [5, 5.41) is 0. The Bertz CT molecular complexity index is 538. The fourth-order valence-corrected chi connectivity index (χ4v) is 1.83. The molecule has 0 saturated carbocycles. The Kier molecular flexibility index (Phi) is 3.95. The fraction of sp³-hybridized carbons (Fsp3) is 0.267. The average Bonchev–Trinajstić information content (AvgIpc) is 2.40. The van der Waals surface area contributed by atoms with Crippen LogP contribution in [-0.4, -0.2) is 4.98 Å². The minimum atomic E-state index is 0.427. The lowest BCUT2D eigenvalue weighted by atomic mass is 10.1. The van der Waals surface area contributed by atoms with E-state index in [2.05, 4.69) is 18.0 Å². The Labute approximate surface area is 108 Å². The molecule has 0 aliphatic heterocycles. The minimum Gasteiger partial charge on any atom is -0.457 e. The van der Waals surface area contributed by atoms with Crippen LogP contribution in [0.1, 0.15) is 23.7 Å². The molecule has 0 spiro atoms. The molecule has 94 valence electrons. The van der Waals surface area contributed by atoms with Crippen molar-refractivity contribution >= 4 is 0 Å². The van der Waals surface area contributed by atoms with Crippen LogP contribution in [0.15, 0.2) is 36.5 Å². The number of aromatic nitrogens is 1. The molecule has 2 aromatic rings. The van der Waals surface area contributed by atoms with Crippen molar-refractivity contribution in [1.29, 1.82) is 0 Å². The van der Waals surface area contributed by atoms with E-state index in [0.29, 0.717) is 6.54 Å². The van der Waals surface area contributed by atoms with E-state index in [1.54, 1.807) is 6.20 Å². The maximum Gasteiger partial charge on any atom is 0.135 e. The highest BCUT2D eigenvalue weighted by Gasteiger charge is 2.07. The van der Waals surface area contributed by atoms with Crippen molar-refractivity contribution in [1.82, 2.24) is 4.98 Å². The second kappa shape index (κ2) is 5.65. The van der Waals surface area contributed by atoms with E-state index in [1.807, 2.05) is 31.2 Å². The summed E-state index contributed by atoms with van der Waals surface area (Å²) in [5.74, 6) is 1.69. The van der Waals surface area contributed by atoms with Crippen LogP contribution >= 0.6 is 0 Å². The van der Waals surface area contributed by atoms with Crippen molar-refractivity contribution in [2.24, 2.45) is 5.73 Å². The lowest BCUT2D eigenvalue weighted by Gasteiger charge is -2.13. The maximum atomic E-state index is 5.98. The van der Waals surface area contributed by atoms with Crippen LogP contribution in [0.3, 0.4) is 0 Å². The highest BCUT2D eigenvalue weighted by Crippen LogP contribution is 2.28. The molecule has 3 nitrogen and oxygen atoms in total. The summed E-state index contributed by atoms with van der Waals surface area (Å²) in [6.07, 6.45) is 2.72. The second-order valence-electron chi connectivity index (χ2n) is 4.20. The van der Waals surface area contributed by atoms with Gasteiger partial charge in [-0.1, -0.05) is 25.1 Å². The van der Waals surface area contributed by atoms with Crippen LogP contribution in [0.4, 0.5) is 0 Å². The molecule has 1 aromatic heterocycles. The molecule has 18 heavy (non-hydrogen) atoms. The van der Waals surface area contributed by atoms with Crippen LogP contribution in [0.2, 0.25) is 0 Å². The number of para-hydroxylation sites is 1. The second-order valence-corrected chi connectivity index (χ2v) is 4.20. The van der Waals surface area contributed by atoms with Gasteiger partial charge in [-0.2, -0.15) is 0 Å². The number of hydrogen-bond donors (Lipinski definition) is 1. The predicted octanol–water partition coefficient (Wildman–Crippen LogP) is 3.20. The lowest BCUT2D eigenvalue weighted by Crippen LogP contribution is -2.02. The van der Waals surface area contributed by atoms with E-state index in [1.165, 1.54) is 5.56 Å². The van der Waals surface area contributed by atoms with Crippen molar-refractivity contribution in [2.75, 3.05) is 0 Å². The predicted molar refractivity (Wildman–Crippen MR) is 72.8 cm³/mol. The third-order valence-electron chi connectivity index (χ3n) is 2.87. The van der Waals surface area contributed by atoms with Crippen LogP contribution in [0.25, 0.3) is 0 Å². The van der Waals surface area contributed by atoms with Crippen molar-refractivity contribution in [3.63, 3.8) is 0 Å². The molecule has 0 radical (unpaired) electrons.